The summed E-state index contributed by atoms with van der Waals surface area (Å²) in [7, 11) is 0. The molecule has 2 aliphatic heterocycles. The molecule has 2 aromatic rings. The van der Waals surface area contributed by atoms with Crippen molar-refractivity contribution in [3.63, 3.8) is 0 Å². The van der Waals surface area contributed by atoms with E-state index in [-0.39, 0.29) is 23.8 Å². The predicted molar refractivity (Wildman–Crippen MR) is 146 cm³/mol. The van der Waals surface area contributed by atoms with E-state index in [0.717, 1.165) is 68.6 Å². The van der Waals surface area contributed by atoms with Crippen LogP contribution in [0.4, 0.5) is 21.9 Å². The largest absolute Gasteiger partial charge is 0.367 e. The molecule has 0 radical (unpaired) electrons. The Labute approximate surface area is 219 Å². The van der Waals surface area contributed by atoms with Crippen molar-refractivity contribution in [3.8, 4) is 0 Å². The first-order valence-electron chi connectivity index (χ1n) is 13.6. The number of urea groups is 1. The van der Waals surface area contributed by atoms with E-state index in [1.165, 1.54) is 0 Å². The molecule has 2 aromatic carbocycles. The minimum atomic E-state index is -0.109. The average Bonchev–Trinajstić information content (AvgIpc) is 3.65. The summed E-state index contributed by atoms with van der Waals surface area (Å²) in [5, 5.41) is 6.04. The second-order valence-corrected chi connectivity index (χ2v) is 10.5. The number of carbonyl (C=O) groups is 3. The van der Waals surface area contributed by atoms with Gasteiger partial charge in [0.25, 0.3) is 5.91 Å². The number of rotatable bonds is 5. The number of amides is 4. The van der Waals surface area contributed by atoms with Crippen LogP contribution in [-0.4, -0.2) is 66.9 Å². The van der Waals surface area contributed by atoms with Gasteiger partial charge in [0.05, 0.1) is 5.56 Å². The van der Waals surface area contributed by atoms with Gasteiger partial charge < -0.3 is 25.3 Å². The van der Waals surface area contributed by atoms with E-state index >= 15 is 0 Å². The van der Waals surface area contributed by atoms with Gasteiger partial charge in [-0.3, -0.25) is 9.59 Å². The molecule has 0 atom stereocenters. The summed E-state index contributed by atoms with van der Waals surface area (Å²) in [6, 6.07) is 13.4. The van der Waals surface area contributed by atoms with Crippen molar-refractivity contribution in [2.75, 3.05) is 54.8 Å². The fourth-order valence-corrected chi connectivity index (χ4v) is 5.57. The number of carbonyl (C=O) groups excluding carboxylic acids is 3. The molecule has 2 saturated heterocycles. The van der Waals surface area contributed by atoms with Crippen LogP contribution in [0.15, 0.2) is 42.5 Å². The van der Waals surface area contributed by atoms with Gasteiger partial charge in [0.2, 0.25) is 5.91 Å². The van der Waals surface area contributed by atoms with Crippen LogP contribution in [0.1, 0.15) is 54.4 Å². The van der Waals surface area contributed by atoms with Crippen LogP contribution < -0.4 is 15.5 Å². The van der Waals surface area contributed by atoms with Crippen LogP contribution in [-0.2, 0) is 4.79 Å². The number of hydrogen-bond donors (Lipinski definition) is 2. The molecule has 4 amide bonds. The molecule has 37 heavy (non-hydrogen) atoms. The van der Waals surface area contributed by atoms with Crippen LogP contribution in [0.2, 0.25) is 0 Å². The van der Waals surface area contributed by atoms with Gasteiger partial charge in [0, 0.05) is 62.2 Å². The lowest BCUT2D eigenvalue weighted by Crippen LogP contribution is -2.50. The molecular formula is C29H37N5O3. The number of benzene rings is 2. The number of aryl methyl sites for hydroxylation is 1. The number of likely N-dealkylation sites (tertiary alicyclic amines) is 1. The molecule has 1 saturated carbocycles. The van der Waals surface area contributed by atoms with E-state index in [0.29, 0.717) is 37.4 Å². The highest BCUT2D eigenvalue weighted by molar-refractivity contribution is 6.02. The quantitative estimate of drug-likeness (QED) is 0.619. The lowest BCUT2D eigenvalue weighted by atomic mass is 10.1. The smallest absolute Gasteiger partial charge is 0.321 e. The van der Waals surface area contributed by atoms with Crippen molar-refractivity contribution >= 4 is 34.9 Å². The number of hydrogen-bond acceptors (Lipinski definition) is 4. The van der Waals surface area contributed by atoms with Crippen molar-refractivity contribution in [1.82, 2.24) is 9.80 Å². The average molecular weight is 504 g/mol. The number of nitrogens with one attached hydrogen (secondary N) is 2. The van der Waals surface area contributed by atoms with E-state index in [2.05, 4.69) is 15.5 Å². The lowest BCUT2D eigenvalue weighted by Gasteiger charge is -2.37. The van der Waals surface area contributed by atoms with Crippen molar-refractivity contribution in [2.24, 2.45) is 5.92 Å². The van der Waals surface area contributed by atoms with Crippen molar-refractivity contribution < 1.29 is 14.4 Å². The summed E-state index contributed by atoms with van der Waals surface area (Å²) in [5.41, 5.74) is 4.11. The summed E-state index contributed by atoms with van der Waals surface area (Å²) in [6.45, 7) is 5.95. The Morgan fingerprint density at radius 1 is 0.730 bits per heavy atom. The maximum Gasteiger partial charge on any atom is 0.321 e. The van der Waals surface area contributed by atoms with Gasteiger partial charge in [-0.25, -0.2) is 4.79 Å². The van der Waals surface area contributed by atoms with E-state index < -0.39 is 0 Å². The van der Waals surface area contributed by atoms with Gasteiger partial charge in [0.1, 0.15) is 0 Å². The normalized spacial score (nSPS) is 18.2. The summed E-state index contributed by atoms with van der Waals surface area (Å²) in [5.74, 6) is 0.138. The predicted octanol–water partition coefficient (Wildman–Crippen LogP) is 4.71. The number of anilines is 3. The topological polar surface area (TPSA) is 85.0 Å². The van der Waals surface area contributed by atoms with E-state index in [4.69, 9.17) is 0 Å². The van der Waals surface area contributed by atoms with Gasteiger partial charge >= 0.3 is 6.03 Å². The minimum Gasteiger partial charge on any atom is -0.367 e. The van der Waals surface area contributed by atoms with Gasteiger partial charge in [-0.1, -0.05) is 30.5 Å². The van der Waals surface area contributed by atoms with Gasteiger partial charge in [-0.2, -0.15) is 0 Å². The summed E-state index contributed by atoms with van der Waals surface area (Å²) in [6.07, 6.45) is 6.12. The maximum absolute atomic E-state index is 13.5. The molecular weight excluding hydrogens is 466 g/mol. The van der Waals surface area contributed by atoms with Crippen molar-refractivity contribution in [3.05, 3.63) is 53.6 Å². The Morgan fingerprint density at radius 2 is 1.38 bits per heavy atom. The van der Waals surface area contributed by atoms with Crippen LogP contribution in [0.3, 0.4) is 0 Å². The lowest BCUT2D eigenvalue weighted by molar-refractivity contribution is -0.119. The molecule has 2 N–H and O–H groups in total. The summed E-state index contributed by atoms with van der Waals surface area (Å²) in [4.78, 5) is 44.9. The fraction of sp³-hybridized carbons (Fsp3) is 0.483. The Morgan fingerprint density at radius 3 is 2.05 bits per heavy atom. The van der Waals surface area contributed by atoms with E-state index in [1.807, 2.05) is 59.2 Å². The maximum atomic E-state index is 13.5. The molecule has 1 aliphatic carbocycles. The minimum absolute atomic E-state index is 0.0176. The Hall–Kier alpha value is -3.55. The first-order chi connectivity index (χ1) is 18.0. The molecule has 0 unspecified atom stereocenters. The highest BCUT2D eigenvalue weighted by Gasteiger charge is 2.28. The zero-order chi connectivity index (χ0) is 25.8. The third-order valence-corrected chi connectivity index (χ3v) is 7.82. The zero-order valence-corrected chi connectivity index (χ0v) is 21.7. The second-order valence-electron chi connectivity index (χ2n) is 10.5. The third-order valence-electron chi connectivity index (χ3n) is 7.82. The molecule has 3 fully saturated rings. The van der Waals surface area contributed by atoms with Crippen molar-refractivity contribution in [1.29, 1.82) is 0 Å². The Bertz CT molecular complexity index is 1130. The first-order valence-corrected chi connectivity index (χ1v) is 13.6. The molecule has 3 aliphatic rings. The first kappa shape index (κ1) is 25.1. The fourth-order valence-electron chi connectivity index (χ4n) is 5.57. The van der Waals surface area contributed by atoms with Gasteiger partial charge in [0.15, 0.2) is 0 Å². The molecule has 196 valence electrons. The molecule has 0 aromatic heterocycles. The summed E-state index contributed by atoms with van der Waals surface area (Å²) >= 11 is 0. The summed E-state index contributed by atoms with van der Waals surface area (Å²) < 4.78 is 0. The van der Waals surface area contributed by atoms with Crippen LogP contribution in [0.5, 0.6) is 0 Å². The highest BCUT2D eigenvalue weighted by Crippen LogP contribution is 2.30. The molecule has 0 bridgehead atoms. The van der Waals surface area contributed by atoms with E-state index in [9.17, 15) is 14.4 Å². The highest BCUT2D eigenvalue weighted by atomic mass is 16.2. The molecule has 8 heteroatoms. The third kappa shape index (κ3) is 5.89. The van der Waals surface area contributed by atoms with Crippen LogP contribution >= 0.6 is 0 Å². The van der Waals surface area contributed by atoms with Crippen molar-refractivity contribution in [2.45, 2.75) is 45.4 Å². The van der Waals surface area contributed by atoms with E-state index in [1.54, 1.807) is 0 Å². The molecule has 5 rings (SSSR count). The Balaban J connectivity index is 1.28. The van der Waals surface area contributed by atoms with Crippen LogP contribution in [0, 0.1) is 12.8 Å². The zero-order valence-electron chi connectivity index (χ0n) is 21.7. The standard InChI is InChI=1S/C29H37N5O3/c1-21-8-10-23(11-9-21)31-29(37)34-18-16-32(17-19-34)26-13-12-24(30-27(35)22-6-2-3-7-22)20-25(26)28(36)33-14-4-5-15-33/h8-13,20,22H,2-7,14-19H2,1H3,(H,30,35)(H,31,37). The SMILES string of the molecule is Cc1ccc(NC(=O)N2CCN(c3ccc(NC(=O)C4CCCC4)cc3C(=O)N3CCCC3)CC2)cc1. The molecule has 2 heterocycles. The van der Waals surface area contributed by atoms with Gasteiger partial charge in [-0.15, -0.1) is 0 Å². The Kier molecular flexibility index (Phi) is 7.63. The monoisotopic (exact) mass is 503 g/mol. The van der Waals surface area contributed by atoms with Crippen LogP contribution in [0.25, 0.3) is 0 Å². The second kappa shape index (κ2) is 11.2. The van der Waals surface area contributed by atoms with Gasteiger partial charge in [-0.05, 0) is 62.9 Å². The molecule has 8 nitrogen and oxygen atoms in total. The molecule has 0 spiro atoms. The number of nitrogens with zero attached hydrogens (tertiary/aromatic N) is 3. The number of piperazine rings is 1.